The number of nitrogens with one attached hydrogen (secondary N) is 1. The van der Waals surface area contributed by atoms with Gasteiger partial charge >= 0.3 is 0 Å². The van der Waals surface area contributed by atoms with Crippen molar-refractivity contribution < 1.29 is 9.59 Å². The van der Waals surface area contributed by atoms with E-state index in [0.29, 0.717) is 17.1 Å². The molecule has 8 heteroatoms. The third-order valence-corrected chi connectivity index (χ3v) is 5.44. The molecule has 0 fully saturated rings. The summed E-state index contributed by atoms with van der Waals surface area (Å²) in [5.41, 5.74) is 5.08. The second-order valence-corrected chi connectivity index (χ2v) is 7.00. The maximum absolute atomic E-state index is 12.9. The summed E-state index contributed by atoms with van der Waals surface area (Å²) < 4.78 is 1.56. The van der Waals surface area contributed by atoms with Gasteiger partial charge < -0.3 is 4.90 Å². The van der Waals surface area contributed by atoms with Crippen LogP contribution < -0.4 is 10.2 Å². The van der Waals surface area contributed by atoms with Crippen LogP contribution in [-0.4, -0.2) is 38.7 Å². The number of imide groups is 1. The van der Waals surface area contributed by atoms with Crippen LogP contribution in [0.4, 0.5) is 5.69 Å². The number of aliphatic imine (C=N–C) groups is 1. The quantitative estimate of drug-likeness (QED) is 0.678. The zero-order valence-electron chi connectivity index (χ0n) is 15.2. The minimum atomic E-state index is -0.474. The molecule has 0 radical (unpaired) electrons. The van der Waals surface area contributed by atoms with Crippen molar-refractivity contribution in [3.8, 4) is 0 Å². The Morgan fingerprint density at radius 1 is 1.03 bits per heavy atom. The van der Waals surface area contributed by atoms with Crippen molar-refractivity contribution in [1.29, 1.82) is 0 Å². The number of carbonyl (C=O) groups is 2. The SMILES string of the molecule is O=C1NC(=O)C(c2cnc3cccnn23)=C1C1=NC=CN2CCc3cccc1c32. The molecule has 1 N–H and O–H groups in total. The normalized spacial score (nSPS) is 17.7. The third kappa shape index (κ3) is 2.16. The molecule has 0 saturated carbocycles. The number of rotatable bonds is 2. The third-order valence-electron chi connectivity index (χ3n) is 5.44. The Balaban J connectivity index is 1.64. The van der Waals surface area contributed by atoms with Gasteiger partial charge in [-0.15, -0.1) is 0 Å². The van der Waals surface area contributed by atoms with E-state index in [0.717, 1.165) is 24.2 Å². The van der Waals surface area contributed by atoms with Gasteiger partial charge in [-0.05, 0) is 24.1 Å². The van der Waals surface area contributed by atoms with Crippen molar-refractivity contribution in [2.75, 3.05) is 11.4 Å². The van der Waals surface area contributed by atoms with E-state index < -0.39 is 11.8 Å². The number of para-hydroxylation sites is 1. The molecule has 3 aromatic rings. The van der Waals surface area contributed by atoms with Gasteiger partial charge in [0.05, 0.1) is 34.4 Å². The first-order valence-electron chi connectivity index (χ1n) is 9.25. The van der Waals surface area contributed by atoms with E-state index in [9.17, 15) is 9.59 Å². The van der Waals surface area contributed by atoms with Crippen LogP contribution in [0.15, 0.2) is 65.7 Å². The summed E-state index contributed by atoms with van der Waals surface area (Å²) in [6, 6.07) is 9.54. The second-order valence-electron chi connectivity index (χ2n) is 7.00. The fourth-order valence-corrected chi connectivity index (χ4v) is 4.21. The lowest BCUT2D eigenvalue weighted by atomic mass is 9.94. The Morgan fingerprint density at radius 2 is 1.93 bits per heavy atom. The number of benzene rings is 1. The standard InChI is InChI=1S/C21H14N6O2/c28-20-16(14-11-23-15-5-2-7-24-27(14)15)17(21(29)25-20)18-13-4-1-3-12-6-9-26(19(12)13)10-8-22-18/h1-5,7-8,10-11H,6,9H2,(H,25,28,29). The number of fused-ring (bicyclic) bond motifs is 1. The van der Waals surface area contributed by atoms with Crippen LogP contribution in [0.1, 0.15) is 16.8 Å². The van der Waals surface area contributed by atoms with E-state index in [4.69, 9.17) is 0 Å². The van der Waals surface area contributed by atoms with E-state index in [1.807, 2.05) is 18.3 Å². The molecular formula is C21H14N6O2. The highest BCUT2D eigenvalue weighted by Gasteiger charge is 2.38. The van der Waals surface area contributed by atoms with Crippen LogP contribution in [0.3, 0.4) is 0 Å². The highest BCUT2D eigenvalue weighted by atomic mass is 16.2. The van der Waals surface area contributed by atoms with E-state index in [1.165, 1.54) is 5.56 Å². The van der Waals surface area contributed by atoms with Crippen molar-refractivity contribution in [3.05, 3.63) is 77.5 Å². The van der Waals surface area contributed by atoms with E-state index in [-0.39, 0.29) is 11.1 Å². The summed E-state index contributed by atoms with van der Waals surface area (Å²) in [4.78, 5) is 36.7. The van der Waals surface area contributed by atoms with Gasteiger partial charge in [0.1, 0.15) is 0 Å². The number of amides is 2. The molecule has 0 unspecified atom stereocenters. The number of anilines is 1. The molecule has 3 aliphatic rings. The van der Waals surface area contributed by atoms with Crippen LogP contribution in [0.5, 0.6) is 0 Å². The molecule has 2 amide bonds. The summed E-state index contributed by atoms with van der Waals surface area (Å²) in [6.45, 7) is 0.861. The maximum atomic E-state index is 12.9. The predicted octanol–water partition coefficient (Wildman–Crippen LogP) is 1.48. The summed E-state index contributed by atoms with van der Waals surface area (Å²) in [5.74, 6) is -0.940. The Morgan fingerprint density at radius 3 is 2.86 bits per heavy atom. The van der Waals surface area contributed by atoms with Crippen LogP contribution in [0, 0.1) is 0 Å². The Kier molecular flexibility index (Phi) is 3.14. The van der Waals surface area contributed by atoms with Crippen molar-refractivity contribution in [2.24, 2.45) is 4.99 Å². The highest BCUT2D eigenvalue weighted by Crippen LogP contribution is 2.37. The van der Waals surface area contributed by atoms with Crippen LogP contribution in [0.2, 0.25) is 0 Å². The molecule has 1 aromatic carbocycles. The largest absolute Gasteiger partial charge is 0.345 e. The molecular weight excluding hydrogens is 368 g/mol. The minimum absolute atomic E-state index is 0.234. The molecule has 0 saturated heterocycles. The van der Waals surface area contributed by atoms with Gasteiger partial charge in [-0.3, -0.25) is 19.9 Å². The van der Waals surface area contributed by atoms with Crippen LogP contribution >= 0.6 is 0 Å². The van der Waals surface area contributed by atoms with Crippen LogP contribution in [0.25, 0.3) is 11.2 Å². The lowest BCUT2D eigenvalue weighted by molar-refractivity contribution is -0.123. The number of aromatic nitrogens is 3. The van der Waals surface area contributed by atoms with Crippen molar-refractivity contribution >= 4 is 34.4 Å². The van der Waals surface area contributed by atoms with Crippen molar-refractivity contribution in [2.45, 2.75) is 6.42 Å². The predicted molar refractivity (Wildman–Crippen MR) is 106 cm³/mol. The van der Waals surface area contributed by atoms with E-state index in [2.05, 4.69) is 31.4 Å². The first-order valence-corrected chi connectivity index (χ1v) is 9.25. The molecule has 29 heavy (non-hydrogen) atoms. The van der Waals surface area contributed by atoms with E-state index >= 15 is 0 Å². The monoisotopic (exact) mass is 382 g/mol. The van der Waals surface area contributed by atoms with Gasteiger partial charge in [0.2, 0.25) is 0 Å². The summed E-state index contributed by atoms with van der Waals surface area (Å²) in [7, 11) is 0. The minimum Gasteiger partial charge on any atom is -0.345 e. The molecule has 140 valence electrons. The zero-order chi connectivity index (χ0) is 19.5. The van der Waals surface area contributed by atoms with Crippen molar-refractivity contribution in [1.82, 2.24) is 19.9 Å². The number of nitrogens with zero attached hydrogens (tertiary/aromatic N) is 5. The van der Waals surface area contributed by atoms with Gasteiger partial charge in [-0.25, -0.2) is 9.50 Å². The summed E-state index contributed by atoms with van der Waals surface area (Å²) >= 11 is 0. The van der Waals surface area contributed by atoms with Gasteiger partial charge in [-0.2, -0.15) is 5.10 Å². The summed E-state index contributed by atoms with van der Waals surface area (Å²) in [5, 5.41) is 6.71. The molecule has 8 nitrogen and oxygen atoms in total. The molecule has 2 aromatic heterocycles. The van der Waals surface area contributed by atoms with Crippen molar-refractivity contribution in [3.63, 3.8) is 0 Å². The molecule has 5 heterocycles. The van der Waals surface area contributed by atoms with Gasteiger partial charge in [0, 0.05) is 30.7 Å². The fraction of sp³-hybridized carbons (Fsp3) is 0.0952. The lowest BCUT2D eigenvalue weighted by Gasteiger charge is -2.17. The molecule has 0 bridgehead atoms. The lowest BCUT2D eigenvalue weighted by Crippen LogP contribution is -2.25. The molecule has 6 rings (SSSR count). The number of imidazole rings is 1. The van der Waals surface area contributed by atoms with Gasteiger partial charge in [0.25, 0.3) is 11.8 Å². The average Bonchev–Trinajstić information content (AvgIpc) is 3.37. The zero-order valence-corrected chi connectivity index (χ0v) is 15.2. The molecule has 3 aliphatic heterocycles. The Hall–Kier alpha value is -4.07. The first kappa shape index (κ1) is 15.9. The second kappa shape index (κ2) is 5.71. The maximum Gasteiger partial charge on any atom is 0.261 e. The Bertz CT molecular complexity index is 1330. The number of carbonyl (C=O) groups excluding carboxylic acids is 2. The highest BCUT2D eigenvalue weighted by molar-refractivity contribution is 6.47. The Labute approximate surface area is 164 Å². The van der Waals surface area contributed by atoms with Crippen LogP contribution in [-0.2, 0) is 16.0 Å². The molecule has 0 spiro atoms. The first-order chi connectivity index (χ1) is 14.2. The molecule has 0 aliphatic carbocycles. The van der Waals surface area contributed by atoms with Gasteiger partial charge in [-0.1, -0.05) is 18.2 Å². The smallest absolute Gasteiger partial charge is 0.261 e. The number of hydrogen-bond acceptors (Lipinski definition) is 6. The fourth-order valence-electron chi connectivity index (χ4n) is 4.21. The van der Waals surface area contributed by atoms with E-state index in [1.54, 1.807) is 35.2 Å². The summed E-state index contributed by atoms with van der Waals surface area (Å²) in [6.07, 6.45) is 7.69. The topological polar surface area (TPSA) is 92.0 Å². The van der Waals surface area contributed by atoms with Gasteiger partial charge in [0.15, 0.2) is 5.65 Å². The molecule has 0 atom stereocenters. The number of hydrogen-bond donors (Lipinski definition) is 1. The average molecular weight is 382 g/mol.